The van der Waals surface area contributed by atoms with Crippen LogP contribution in [0.15, 0.2) is 60.2 Å². The van der Waals surface area contributed by atoms with E-state index in [1.165, 1.54) is 12.1 Å². The van der Waals surface area contributed by atoms with Gasteiger partial charge in [0, 0.05) is 23.7 Å². The molecule has 0 fully saturated rings. The normalized spacial score (nSPS) is 23.6. The smallest absolute Gasteiger partial charge is 0.176 e. The fraction of sp³-hybridized carbons (Fsp3) is 0.321. The summed E-state index contributed by atoms with van der Waals surface area (Å²) in [4.78, 5) is 12.9. The van der Waals surface area contributed by atoms with Crippen molar-refractivity contribution in [2.75, 3.05) is 6.61 Å². The van der Waals surface area contributed by atoms with Crippen LogP contribution in [0.4, 0.5) is 4.39 Å². The van der Waals surface area contributed by atoms with Crippen LogP contribution in [0.3, 0.4) is 0 Å². The highest BCUT2D eigenvalue weighted by molar-refractivity contribution is 6.02. The minimum atomic E-state index is -0.839. The van der Waals surface area contributed by atoms with Gasteiger partial charge >= 0.3 is 0 Å². The summed E-state index contributed by atoms with van der Waals surface area (Å²) in [5, 5.41) is 26.9. The summed E-state index contributed by atoms with van der Waals surface area (Å²) in [6, 6.07) is 16.7. The summed E-state index contributed by atoms with van der Waals surface area (Å²) in [5.41, 5.74) is 4.80. The molecule has 1 heterocycles. The van der Waals surface area contributed by atoms with Gasteiger partial charge in [0.05, 0.1) is 22.4 Å². The average molecular weight is 456 g/mol. The van der Waals surface area contributed by atoms with Crippen LogP contribution < -0.4 is 0 Å². The third-order valence-corrected chi connectivity index (χ3v) is 7.47. The Labute approximate surface area is 197 Å². The number of aliphatic hydroxyl groups is 1. The number of allylic oxidation sites excluding steroid dienone is 2. The van der Waals surface area contributed by atoms with Crippen molar-refractivity contribution in [1.82, 2.24) is 10.2 Å². The van der Waals surface area contributed by atoms with Crippen molar-refractivity contribution in [3.63, 3.8) is 0 Å². The van der Waals surface area contributed by atoms with Gasteiger partial charge in [0.2, 0.25) is 0 Å². The molecule has 0 radical (unpaired) electrons. The van der Waals surface area contributed by atoms with E-state index in [1.807, 2.05) is 31.2 Å². The van der Waals surface area contributed by atoms with E-state index in [4.69, 9.17) is 5.10 Å². The number of aromatic amines is 1. The van der Waals surface area contributed by atoms with Crippen LogP contribution in [0, 0.1) is 29.0 Å². The third-order valence-electron chi connectivity index (χ3n) is 7.47. The number of Topliss-reactive ketones (excluding diaryl/α,β-unsaturated/α-hetero) is 1. The molecule has 2 aromatic carbocycles. The molecule has 172 valence electrons. The molecule has 2 N–H and O–H groups in total. The zero-order chi connectivity index (χ0) is 23.9. The monoisotopic (exact) mass is 455 g/mol. The van der Waals surface area contributed by atoms with Crippen LogP contribution in [0.5, 0.6) is 0 Å². The second-order valence-electron chi connectivity index (χ2n) is 9.30. The zero-order valence-corrected chi connectivity index (χ0v) is 19.0. The van der Waals surface area contributed by atoms with Crippen molar-refractivity contribution in [2.45, 2.75) is 38.0 Å². The van der Waals surface area contributed by atoms with E-state index >= 15 is 0 Å². The quantitative estimate of drug-likeness (QED) is 0.586. The van der Waals surface area contributed by atoms with E-state index in [2.05, 4.69) is 17.2 Å². The Kier molecular flexibility index (Phi) is 5.66. The molecule has 3 atom stereocenters. The van der Waals surface area contributed by atoms with E-state index in [0.29, 0.717) is 6.42 Å². The number of aryl methyl sites for hydroxylation is 1. The first-order chi connectivity index (χ1) is 16.5. The average Bonchev–Trinajstić information content (AvgIpc) is 3.30. The zero-order valence-electron chi connectivity index (χ0n) is 19.0. The molecular weight excluding hydrogens is 429 g/mol. The standard InChI is InChI=1S/C28H26FN3O2/c1-17-24-11-10-23-25(19-7-2-5-18(13-19)6-4-12-33)31-32-27(23)28(24,15-20(16-30)26(17)34)21-8-3-9-22(29)14-21/h2-3,5,7-9,13-15,17,24,33H,4,6,10-12H2,1H3,(H,31,32)/t17-,24-,28-/m1/s1. The number of ketones is 1. The van der Waals surface area contributed by atoms with E-state index < -0.39 is 5.41 Å². The molecule has 0 saturated heterocycles. The van der Waals surface area contributed by atoms with Crippen molar-refractivity contribution >= 4 is 5.78 Å². The molecule has 0 bridgehead atoms. The Morgan fingerprint density at radius 3 is 2.85 bits per heavy atom. The maximum Gasteiger partial charge on any atom is 0.176 e. The Morgan fingerprint density at radius 1 is 1.26 bits per heavy atom. The molecule has 5 rings (SSSR count). The fourth-order valence-corrected chi connectivity index (χ4v) is 5.89. The molecule has 6 heteroatoms. The summed E-state index contributed by atoms with van der Waals surface area (Å²) < 4.78 is 14.4. The van der Waals surface area contributed by atoms with Gasteiger partial charge in [-0.05, 0) is 67.0 Å². The molecular formula is C28H26FN3O2. The Balaban J connectivity index is 1.72. The molecule has 0 saturated carbocycles. The van der Waals surface area contributed by atoms with Crippen LogP contribution in [0.25, 0.3) is 11.3 Å². The molecule has 5 nitrogen and oxygen atoms in total. The molecule has 0 unspecified atom stereocenters. The van der Waals surface area contributed by atoms with E-state index in [0.717, 1.165) is 52.9 Å². The van der Waals surface area contributed by atoms with Gasteiger partial charge in [-0.3, -0.25) is 9.89 Å². The van der Waals surface area contributed by atoms with Gasteiger partial charge in [0.1, 0.15) is 11.9 Å². The lowest BCUT2D eigenvalue weighted by Crippen LogP contribution is -2.48. The summed E-state index contributed by atoms with van der Waals surface area (Å²) in [6.07, 6.45) is 4.67. The number of aromatic nitrogens is 2. The molecule has 2 aliphatic carbocycles. The number of aliphatic hydroxyl groups excluding tert-OH is 1. The molecule has 34 heavy (non-hydrogen) atoms. The SMILES string of the molecule is C[C@H]1C(=O)C(C#N)=C[C@]2(c3cccc(F)c3)c3[nH]nc(-c4cccc(CCCO)c4)c3CC[C@H]12. The predicted molar refractivity (Wildman–Crippen MR) is 126 cm³/mol. The molecule has 2 aliphatic rings. The number of hydrogen-bond donors (Lipinski definition) is 2. The highest BCUT2D eigenvalue weighted by Gasteiger charge is 2.53. The minimum absolute atomic E-state index is 0.114. The van der Waals surface area contributed by atoms with Crippen molar-refractivity contribution in [3.05, 3.63) is 88.4 Å². The Bertz CT molecular complexity index is 1340. The first-order valence-electron chi connectivity index (χ1n) is 11.7. The summed E-state index contributed by atoms with van der Waals surface area (Å²) in [6.45, 7) is 2.02. The van der Waals surface area contributed by atoms with Crippen LogP contribution in [-0.4, -0.2) is 27.7 Å². The highest BCUT2D eigenvalue weighted by atomic mass is 19.1. The number of H-pyrrole nitrogens is 1. The molecule has 1 aromatic heterocycles. The van der Waals surface area contributed by atoms with Crippen molar-refractivity contribution in [3.8, 4) is 17.3 Å². The lowest BCUT2D eigenvalue weighted by Gasteiger charge is -2.47. The van der Waals surface area contributed by atoms with Crippen LogP contribution >= 0.6 is 0 Å². The molecule has 0 aliphatic heterocycles. The van der Waals surface area contributed by atoms with Gasteiger partial charge in [-0.15, -0.1) is 0 Å². The predicted octanol–water partition coefficient (Wildman–Crippen LogP) is 4.66. The van der Waals surface area contributed by atoms with Crippen molar-refractivity contribution in [2.24, 2.45) is 11.8 Å². The number of benzene rings is 2. The van der Waals surface area contributed by atoms with Crippen LogP contribution in [-0.2, 0) is 23.1 Å². The first kappa shape index (κ1) is 22.2. The first-order valence-corrected chi connectivity index (χ1v) is 11.7. The van der Waals surface area contributed by atoms with Gasteiger partial charge < -0.3 is 5.11 Å². The van der Waals surface area contributed by atoms with Crippen LogP contribution in [0.2, 0.25) is 0 Å². The lowest BCUT2D eigenvalue weighted by atomic mass is 9.54. The highest BCUT2D eigenvalue weighted by Crippen LogP contribution is 2.54. The topological polar surface area (TPSA) is 89.8 Å². The molecule has 3 aromatic rings. The number of fused-ring (bicyclic) bond motifs is 3. The molecule has 0 amide bonds. The van der Waals surface area contributed by atoms with E-state index in [-0.39, 0.29) is 35.6 Å². The molecule has 0 spiro atoms. The number of nitrogens with zero attached hydrogens (tertiary/aromatic N) is 2. The minimum Gasteiger partial charge on any atom is -0.396 e. The number of nitriles is 1. The van der Waals surface area contributed by atoms with Crippen molar-refractivity contribution < 1.29 is 14.3 Å². The number of carbonyl (C=O) groups excluding carboxylic acids is 1. The second-order valence-corrected chi connectivity index (χ2v) is 9.30. The van der Waals surface area contributed by atoms with Gasteiger partial charge in [-0.2, -0.15) is 10.4 Å². The van der Waals surface area contributed by atoms with Crippen LogP contribution in [0.1, 0.15) is 42.1 Å². The number of halogens is 1. The van der Waals surface area contributed by atoms with E-state index in [1.54, 1.807) is 12.1 Å². The maximum absolute atomic E-state index is 14.4. The summed E-state index contributed by atoms with van der Waals surface area (Å²) in [5.74, 6) is -0.995. The number of nitrogens with one attached hydrogen (secondary N) is 1. The number of rotatable bonds is 5. The summed E-state index contributed by atoms with van der Waals surface area (Å²) >= 11 is 0. The van der Waals surface area contributed by atoms with E-state index in [9.17, 15) is 19.6 Å². The lowest BCUT2D eigenvalue weighted by molar-refractivity contribution is -0.121. The fourth-order valence-electron chi connectivity index (χ4n) is 5.89. The summed E-state index contributed by atoms with van der Waals surface area (Å²) in [7, 11) is 0. The van der Waals surface area contributed by atoms with Gasteiger partial charge in [-0.1, -0.05) is 37.3 Å². The second kappa shape index (κ2) is 8.66. The maximum atomic E-state index is 14.4. The number of carbonyl (C=O) groups is 1. The van der Waals surface area contributed by atoms with Gasteiger partial charge in [0.15, 0.2) is 5.78 Å². The van der Waals surface area contributed by atoms with Gasteiger partial charge in [0.25, 0.3) is 0 Å². The third kappa shape index (κ3) is 3.39. The Morgan fingerprint density at radius 2 is 2.09 bits per heavy atom. The van der Waals surface area contributed by atoms with Crippen molar-refractivity contribution in [1.29, 1.82) is 5.26 Å². The Hall–Kier alpha value is -3.56. The van der Waals surface area contributed by atoms with Gasteiger partial charge in [-0.25, -0.2) is 4.39 Å². The largest absolute Gasteiger partial charge is 0.396 e. The number of hydrogen-bond acceptors (Lipinski definition) is 4.